The lowest BCUT2D eigenvalue weighted by atomic mass is 9.89. The van der Waals surface area contributed by atoms with Gasteiger partial charge in [0.05, 0.1) is 13.2 Å². The van der Waals surface area contributed by atoms with E-state index in [-0.39, 0.29) is 6.04 Å². The Morgan fingerprint density at radius 1 is 1.00 bits per heavy atom. The Bertz CT molecular complexity index is 1010. The van der Waals surface area contributed by atoms with Gasteiger partial charge in [0, 0.05) is 18.2 Å². The van der Waals surface area contributed by atoms with Gasteiger partial charge in [-0.25, -0.2) is 0 Å². The van der Waals surface area contributed by atoms with Crippen LogP contribution in [-0.2, 0) is 6.54 Å². The molecule has 1 N–H and O–H groups in total. The minimum absolute atomic E-state index is 0.277. The molecule has 0 aliphatic carbocycles. The zero-order valence-corrected chi connectivity index (χ0v) is 20.0. The molecule has 4 rings (SSSR count). The van der Waals surface area contributed by atoms with E-state index in [1.54, 1.807) is 7.11 Å². The molecule has 1 fully saturated rings. The summed E-state index contributed by atoms with van der Waals surface area (Å²) in [6.07, 6.45) is 3.99. The summed E-state index contributed by atoms with van der Waals surface area (Å²) >= 11 is 0. The Morgan fingerprint density at radius 3 is 2.44 bits per heavy atom. The highest BCUT2D eigenvalue weighted by atomic mass is 16.5. The van der Waals surface area contributed by atoms with Crippen molar-refractivity contribution in [2.24, 2.45) is 5.18 Å². The van der Waals surface area contributed by atoms with Crippen molar-refractivity contribution < 1.29 is 4.74 Å². The molecular formula is C29H35N3O2. The van der Waals surface area contributed by atoms with E-state index in [1.807, 2.05) is 42.5 Å². The molecule has 0 bridgehead atoms. The first-order valence-corrected chi connectivity index (χ1v) is 12.3. The second-order valence-electron chi connectivity index (χ2n) is 9.01. The van der Waals surface area contributed by atoms with Crippen LogP contribution in [0.1, 0.15) is 54.5 Å². The van der Waals surface area contributed by atoms with E-state index in [0.717, 1.165) is 56.6 Å². The maximum atomic E-state index is 11.5. The molecule has 3 atom stereocenters. The number of methoxy groups -OCH3 is 1. The number of hydrogen-bond donors (Lipinski definition) is 1. The predicted octanol–water partition coefficient (Wildman–Crippen LogP) is 6.28. The number of hydrogen-bond acceptors (Lipinski definition) is 5. The minimum atomic E-state index is -0.277. The van der Waals surface area contributed by atoms with Crippen molar-refractivity contribution >= 4 is 0 Å². The second-order valence-corrected chi connectivity index (χ2v) is 9.01. The van der Waals surface area contributed by atoms with Crippen molar-refractivity contribution in [2.75, 3.05) is 20.2 Å². The van der Waals surface area contributed by atoms with E-state index < -0.39 is 0 Å². The lowest BCUT2D eigenvalue weighted by molar-refractivity contribution is 0.108. The van der Waals surface area contributed by atoms with Crippen molar-refractivity contribution in [1.29, 1.82) is 0 Å². The molecule has 1 aliphatic rings. The van der Waals surface area contributed by atoms with Gasteiger partial charge in [-0.15, -0.1) is 0 Å². The lowest BCUT2D eigenvalue weighted by Gasteiger charge is -2.42. The number of likely N-dealkylation sites (tertiary alicyclic amines) is 1. The summed E-state index contributed by atoms with van der Waals surface area (Å²) in [4.78, 5) is 14.1. The molecule has 0 aromatic heterocycles. The Hall–Kier alpha value is -3.02. The molecule has 178 valence electrons. The molecule has 0 spiro atoms. The summed E-state index contributed by atoms with van der Waals surface area (Å²) in [7, 11) is 1.73. The largest absolute Gasteiger partial charge is 0.496 e. The van der Waals surface area contributed by atoms with E-state index >= 15 is 0 Å². The van der Waals surface area contributed by atoms with Crippen LogP contribution in [0.4, 0.5) is 0 Å². The molecule has 5 heteroatoms. The maximum absolute atomic E-state index is 11.5. The Labute approximate surface area is 203 Å². The molecular weight excluding hydrogens is 422 g/mol. The number of piperidine rings is 1. The molecule has 0 amide bonds. The van der Waals surface area contributed by atoms with Crippen molar-refractivity contribution in [2.45, 2.75) is 50.4 Å². The highest BCUT2D eigenvalue weighted by Crippen LogP contribution is 2.33. The highest BCUT2D eigenvalue weighted by Gasteiger charge is 2.32. The number of para-hydroxylation sites is 1. The predicted molar refractivity (Wildman–Crippen MR) is 138 cm³/mol. The third-order valence-electron chi connectivity index (χ3n) is 6.86. The van der Waals surface area contributed by atoms with Gasteiger partial charge in [-0.1, -0.05) is 84.0 Å². The van der Waals surface area contributed by atoms with Crippen LogP contribution in [0.25, 0.3) is 0 Å². The van der Waals surface area contributed by atoms with Gasteiger partial charge in [0.2, 0.25) is 0 Å². The van der Waals surface area contributed by atoms with Crippen LogP contribution >= 0.6 is 0 Å². The summed E-state index contributed by atoms with van der Waals surface area (Å²) in [5.74, 6) is 0.923. The molecule has 3 aromatic rings. The quantitative estimate of drug-likeness (QED) is 0.344. The van der Waals surface area contributed by atoms with Crippen molar-refractivity contribution in [3.05, 3.63) is 107 Å². The standard InChI is InChI=1S/C29H35N3O2/c1-34-28-19-9-8-16-25(28)22-30-27-18-11-21-32(29(27)24-14-6-3-7-15-24)20-10-17-26(31-33)23-12-4-2-5-13-23/h2-9,12-16,19,26-27,29-30H,10-11,17-18,20-22H2,1H3/t26?,27-,29-/m0/s1. The lowest BCUT2D eigenvalue weighted by Crippen LogP contribution is -2.48. The van der Waals surface area contributed by atoms with Gasteiger partial charge < -0.3 is 10.1 Å². The maximum Gasteiger partial charge on any atom is 0.123 e. The molecule has 0 radical (unpaired) electrons. The van der Waals surface area contributed by atoms with Crippen LogP contribution in [0.2, 0.25) is 0 Å². The Balaban J connectivity index is 1.44. The molecule has 1 saturated heterocycles. The number of nitrogens with zero attached hydrogens (tertiary/aromatic N) is 2. The molecule has 1 unspecified atom stereocenters. The second kappa shape index (κ2) is 12.4. The van der Waals surface area contributed by atoms with Crippen LogP contribution in [0.5, 0.6) is 5.75 Å². The van der Waals surface area contributed by atoms with Crippen LogP contribution in [0.15, 0.2) is 90.1 Å². The number of nitroso groups, excluding NO2 is 1. The summed E-state index contributed by atoms with van der Waals surface area (Å²) in [6.45, 7) is 2.79. The summed E-state index contributed by atoms with van der Waals surface area (Å²) in [5, 5.41) is 7.26. The number of benzene rings is 3. The molecule has 1 heterocycles. The molecule has 1 aliphatic heterocycles. The van der Waals surface area contributed by atoms with E-state index in [2.05, 4.69) is 57.9 Å². The zero-order valence-electron chi connectivity index (χ0n) is 20.0. The summed E-state index contributed by atoms with van der Waals surface area (Å²) in [6, 6.07) is 29.3. The van der Waals surface area contributed by atoms with Crippen LogP contribution in [-0.4, -0.2) is 31.1 Å². The van der Waals surface area contributed by atoms with Crippen LogP contribution < -0.4 is 10.1 Å². The van der Waals surface area contributed by atoms with E-state index in [4.69, 9.17) is 4.74 Å². The first kappa shape index (κ1) is 24.1. The minimum Gasteiger partial charge on any atom is -0.496 e. The molecule has 0 saturated carbocycles. The summed E-state index contributed by atoms with van der Waals surface area (Å²) < 4.78 is 5.56. The van der Waals surface area contributed by atoms with E-state index in [9.17, 15) is 4.91 Å². The number of ether oxygens (including phenoxy) is 1. The topological polar surface area (TPSA) is 53.9 Å². The fraction of sp³-hybridized carbons (Fsp3) is 0.379. The third-order valence-corrected chi connectivity index (χ3v) is 6.86. The normalized spacial score (nSPS) is 19.4. The number of nitrogens with one attached hydrogen (secondary N) is 1. The van der Waals surface area contributed by atoms with Crippen molar-refractivity contribution in [3.63, 3.8) is 0 Å². The Morgan fingerprint density at radius 2 is 1.71 bits per heavy atom. The van der Waals surface area contributed by atoms with Crippen LogP contribution in [0, 0.1) is 4.91 Å². The first-order chi connectivity index (χ1) is 16.8. The third kappa shape index (κ3) is 6.10. The van der Waals surface area contributed by atoms with Gasteiger partial charge >= 0.3 is 0 Å². The summed E-state index contributed by atoms with van der Waals surface area (Å²) in [5.41, 5.74) is 3.52. The van der Waals surface area contributed by atoms with Gasteiger partial charge in [0.25, 0.3) is 0 Å². The van der Waals surface area contributed by atoms with Gasteiger partial charge in [-0.05, 0) is 56.0 Å². The van der Waals surface area contributed by atoms with Gasteiger partial charge in [-0.2, -0.15) is 4.91 Å². The van der Waals surface area contributed by atoms with Gasteiger partial charge in [0.15, 0.2) is 0 Å². The molecule has 5 nitrogen and oxygen atoms in total. The monoisotopic (exact) mass is 457 g/mol. The fourth-order valence-corrected chi connectivity index (χ4v) is 5.16. The molecule has 34 heavy (non-hydrogen) atoms. The van der Waals surface area contributed by atoms with Crippen molar-refractivity contribution in [3.8, 4) is 5.75 Å². The Kier molecular flexibility index (Phi) is 8.83. The highest BCUT2D eigenvalue weighted by molar-refractivity contribution is 5.33. The van der Waals surface area contributed by atoms with Crippen LogP contribution in [0.3, 0.4) is 0 Å². The van der Waals surface area contributed by atoms with E-state index in [0.29, 0.717) is 12.1 Å². The van der Waals surface area contributed by atoms with Crippen molar-refractivity contribution in [1.82, 2.24) is 10.2 Å². The smallest absolute Gasteiger partial charge is 0.123 e. The zero-order chi connectivity index (χ0) is 23.6. The van der Waals surface area contributed by atoms with Gasteiger partial charge in [0.1, 0.15) is 11.8 Å². The van der Waals surface area contributed by atoms with Gasteiger partial charge in [-0.3, -0.25) is 4.90 Å². The van der Waals surface area contributed by atoms with E-state index in [1.165, 1.54) is 11.1 Å². The fourth-order valence-electron chi connectivity index (χ4n) is 5.16. The number of rotatable bonds is 11. The average molecular weight is 458 g/mol. The molecule has 3 aromatic carbocycles. The average Bonchev–Trinajstić information content (AvgIpc) is 2.91. The SMILES string of the molecule is COc1ccccc1CN[C@H]1CCCN(CCCC(N=O)c2ccccc2)[C@H]1c1ccccc1. The first-order valence-electron chi connectivity index (χ1n) is 12.3.